The van der Waals surface area contributed by atoms with E-state index in [-0.39, 0.29) is 5.97 Å². The molecular formula is C16H17ClO2. The maximum absolute atomic E-state index is 11.5. The second-order valence-electron chi connectivity index (χ2n) is 4.54. The van der Waals surface area contributed by atoms with Gasteiger partial charge in [-0.05, 0) is 36.8 Å². The number of methoxy groups -OCH3 is 1. The van der Waals surface area contributed by atoms with E-state index in [0.29, 0.717) is 17.0 Å². The Bertz CT molecular complexity index is 515. The Morgan fingerprint density at radius 1 is 1.32 bits per heavy atom. The number of carbonyl (C=O) groups is 1. The molecule has 1 aliphatic carbocycles. The lowest BCUT2D eigenvalue weighted by Crippen LogP contribution is -2.02. The van der Waals surface area contributed by atoms with Gasteiger partial charge in [0.25, 0.3) is 0 Å². The Hall–Kier alpha value is -1.54. The van der Waals surface area contributed by atoms with Crippen LogP contribution >= 0.6 is 11.6 Å². The summed E-state index contributed by atoms with van der Waals surface area (Å²) in [6, 6.07) is 10.3. The largest absolute Gasteiger partial charge is 0.466 e. The van der Waals surface area contributed by atoms with Crippen LogP contribution in [0.4, 0.5) is 0 Å². The Morgan fingerprint density at radius 2 is 2.05 bits per heavy atom. The lowest BCUT2D eigenvalue weighted by Gasteiger charge is -2.00. The summed E-state index contributed by atoms with van der Waals surface area (Å²) in [7, 11) is 1.39. The van der Waals surface area contributed by atoms with E-state index in [1.807, 2.05) is 18.2 Å². The van der Waals surface area contributed by atoms with Gasteiger partial charge in [0, 0.05) is 0 Å². The average Bonchev–Trinajstić information content (AvgIpc) is 2.81. The fourth-order valence-corrected chi connectivity index (χ4v) is 2.58. The molecule has 1 aromatic carbocycles. The van der Waals surface area contributed by atoms with Crippen molar-refractivity contribution in [2.75, 3.05) is 7.11 Å². The third-order valence-corrected chi connectivity index (χ3v) is 3.76. The summed E-state index contributed by atoms with van der Waals surface area (Å²) in [5, 5.41) is 0.583. The molecular weight excluding hydrogens is 260 g/mol. The summed E-state index contributed by atoms with van der Waals surface area (Å²) >= 11 is 6.21. The van der Waals surface area contributed by atoms with E-state index in [4.69, 9.17) is 16.3 Å². The van der Waals surface area contributed by atoms with Crippen molar-refractivity contribution in [3.05, 3.63) is 58.1 Å². The predicted molar refractivity (Wildman–Crippen MR) is 77.0 cm³/mol. The molecule has 3 heteroatoms. The Labute approximate surface area is 118 Å². The zero-order valence-corrected chi connectivity index (χ0v) is 11.7. The van der Waals surface area contributed by atoms with E-state index in [0.717, 1.165) is 24.8 Å². The van der Waals surface area contributed by atoms with Crippen LogP contribution in [0.5, 0.6) is 0 Å². The van der Waals surface area contributed by atoms with Crippen LogP contribution in [0.25, 0.3) is 0 Å². The normalized spacial score (nSPS) is 17.1. The van der Waals surface area contributed by atoms with E-state index in [9.17, 15) is 4.79 Å². The molecule has 0 saturated heterocycles. The van der Waals surface area contributed by atoms with Crippen LogP contribution in [-0.4, -0.2) is 13.1 Å². The van der Waals surface area contributed by atoms with Crippen LogP contribution in [0.15, 0.2) is 52.6 Å². The van der Waals surface area contributed by atoms with Gasteiger partial charge in [-0.15, -0.1) is 0 Å². The monoisotopic (exact) mass is 276 g/mol. The predicted octanol–water partition coefficient (Wildman–Crippen LogP) is 4.01. The van der Waals surface area contributed by atoms with Gasteiger partial charge in [-0.25, -0.2) is 4.79 Å². The van der Waals surface area contributed by atoms with Crippen LogP contribution in [0.2, 0.25) is 0 Å². The SMILES string of the molecule is COC(=O)C1=C(Cl)C(=CCCc2ccccc2)CC1. The van der Waals surface area contributed by atoms with Crippen molar-refractivity contribution in [1.29, 1.82) is 0 Å². The molecule has 0 atom stereocenters. The van der Waals surface area contributed by atoms with Gasteiger partial charge < -0.3 is 4.74 Å². The van der Waals surface area contributed by atoms with Crippen molar-refractivity contribution in [2.24, 2.45) is 0 Å². The van der Waals surface area contributed by atoms with Gasteiger partial charge in [-0.2, -0.15) is 0 Å². The van der Waals surface area contributed by atoms with Crippen LogP contribution < -0.4 is 0 Å². The van der Waals surface area contributed by atoms with E-state index in [1.165, 1.54) is 12.7 Å². The summed E-state index contributed by atoms with van der Waals surface area (Å²) in [6.45, 7) is 0. The number of rotatable bonds is 4. The molecule has 0 heterocycles. The second-order valence-corrected chi connectivity index (χ2v) is 4.92. The molecule has 2 rings (SSSR count). The molecule has 1 aromatic rings. The molecule has 0 radical (unpaired) electrons. The smallest absolute Gasteiger partial charge is 0.335 e. The lowest BCUT2D eigenvalue weighted by atomic mass is 10.1. The standard InChI is InChI=1S/C16H17ClO2/c1-19-16(18)14-11-10-13(15(14)17)9-5-8-12-6-3-2-4-7-12/h2-4,6-7,9H,5,8,10-11H2,1H3. The number of allylic oxidation sites excluding steroid dienone is 3. The molecule has 100 valence electrons. The number of hydrogen-bond acceptors (Lipinski definition) is 2. The van der Waals surface area contributed by atoms with E-state index in [2.05, 4.69) is 18.2 Å². The van der Waals surface area contributed by atoms with Gasteiger partial charge in [-0.1, -0.05) is 48.0 Å². The van der Waals surface area contributed by atoms with Crippen molar-refractivity contribution in [2.45, 2.75) is 25.7 Å². The molecule has 2 nitrogen and oxygen atoms in total. The van der Waals surface area contributed by atoms with Crippen molar-refractivity contribution in [3.8, 4) is 0 Å². The molecule has 0 aromatic heterocycles. The highest BCUT2D eigenvalue weighted by atomic mass is 35.5. The van der Waals surface area contributed by atoms with Crippen LogP contribution in [0, 0.1) is 0 Å². The van der Waals surface area contributed by atoms with Gasteiger partial charge in [0.15, 0.2) is 0 Å². The summed E-state index contributed by atoms with van der Waals surface area (Å²) in [4.78, 5) is 11.5. The average molecular weight is 277 g/mol. The number of esters is 1. The summed E-state index contributed by atoms with van der Waals surface area (Å²) in [5.41, 5.74) is 2.98. The van der Waals surface area contributed by atoms with Gasteiger partial charge in [-0.3, -0.25) is 0 Å². The quantitative estimate of drug-likeness (QED) is 0.777. The molecule has 19 heavy (non-hydrogen) atoms. The van der Waals surface area contributed by atoms with Crippen molar-refractivity contribution in [1.82, 2.24) is 0 Å². The maximum Gasteiger partial charge on any atom is 0.335 e. The summed E-state index contributed by atoms with van der Waals surface area (Å²) in [5.74, 6) is -0.309. The lowest BCUT2D eigenvalue weighted by molar-refractivity contribution is -0.136. The van der Waals surface area contributed by atoms with E-state index >= 15 is 0 Å². The molecule has 0 spiro atoms. The highest BCUT2D eigenvalue weighted by Crippen LogP contribution is 2.35. The topological polar surface area (TPSA) is 26.3 Å². The third kappa shape index (κ3) is 3.48. The number of aryl methyl sites for hydroxylation is 1. The molecule has 1 aliphatic rings. The van der Waals surface area contributed by atoms with Crippen LogP contribution in [0.3, 0.4) is 0 Å². The van der Waals surface area contributed by atoms with E-state index in [1.54, 1.807) is 0 Å². The molecule has 0 bridgehead atoms. The molecule has 0 amide bonds. The maximum atomic E-state index is 11.5. The first-order chi connectivity index (χ1) is 9.22. The molecule has 0 N–H and O–H groups in total. The first-order valence-electron chi connectivity index (χ1n) is 6.42. The summed E-state index contributed by atoms with van der Waals surface area (Å²) < 4.78 is 4.72. The second kappa shape index (κ2) is 6.58. The zero-order chi connectivity index (χ0) is 13.7. The number of benzene rings is 1. The first-order valence-corrected chi connectivity index (χ1v) is 6.80. The fourth-order valence-electron chi connectivity index (χ4n) is 2.24. The number of hydrogen-bond donors (Lipinski definition) is 0. The van der Waals surface area contributed by atoms with Crippen LogP contribution in [-0.2, 0) is 16.0 Å². The first kappa shape index (κ1) is 13.9. The third-order valence-electron chi connectivity index (χ3n) is 3.29. The Morgan fingerprint density at radius 3 is 2.74 bits per heavy atom. The van der Waals surface area contributed by atoms with Gasteiger partial charge >= 0.3 is 5.97 Å². The molecule has 0 fully saturated rings. The fraction of sp³-hybridized carbons (Fsp3) is 0.312. The molecule has 0 saturated carbocycles. The summed E-state index contributed by atoms with van der Waals surface area (Å²) in [6.07, 6.45) is 5.57. The highest BCUT2D eigenvalue weighted by molar-refractivity contribution is 6.34. The van der Waals surface area contributed by atoms with E-state index < -0.39 is 0 Å². The van der Waals surface area contributed by atoms with Crippen LogP contribution in [0.1, 0.15) is 24.8 Å². The van der Waals surface area contributed by atoms with Gasteiger partial charge in [0.2, 0.25) is 0 Å². The number of ether oxygens (including phenoxy) is 1. The zero-order valence-electron chi connectivity index (χ0n) is 11.0. The van der Waals surface area contributed by atoms with Crippen molar-refractivity contribution >= 4 is 17.6 Å². The minimum atomic E-state index is -0.309. The van der Waals surface area contributed by atoms with Crippen molar-refractivity contribution in [3.63, 3.8) is 0 Å². The highest BCUT2D eigenvalue weighted by Gasteiger charge is 2.23. The Kier molecular flexibility index (Phi) is 4.80. The number of carbonyl (C=O) groups excluding carboxylic acids is 1. The van der Waals surface area contributed by atoms with Gasteiger partial charge in [0.1, 0.15) is 0 Å². The van der Waals surface area contributed by atoms with Crippen molar-refractivity contribution < 1.29 is 9.53 Å². The Balaban J connectivity index is 1.98. The minimum Gasteiger partial charge on any atom is -0.466 e. The minimum absolute atomic E-state index is 0.309. The molecule has 0 unspecified atom stereocenters. The number of halogens is 1. The molecule has 0 aliphatic heterocycles. The van der Waals surface area contributed by atoms with Gasteiger partial charge in [0.05, 0.1) is 17.7 Å².